The van der Waals surface area contributed by atoms with E-state index in [0.717, 1.165) is 25.8 Å². The van der Waals surface area contributed by atoms with Crippen LogP contribution >= 0.6 is 0 Å². The molecule has 0 bridgehead atoms. The first-order valence-corrected chi connectivity index (χ1v) is 7.42. The smallest absolute Gasteiger partial charge is 0.407 e. The topological polar surface area (TPSA) is 78.9 Å². The third-order valence-electron chi connectivity index (χ3n) is 3.55. The molecule has 1 heterocycles. The number of rotatable bonds is 7. The van der Waals surface area contributed by atoms with E-state index in [9.17, 15) is 9.59 Å². The van der Waals surface area contributed by atoms with Crippen LogP contribution in [0.5, 0.6) is 0 Å². The van der Waals surface area contributed by atoms with Gasteiger partial charge in [0.1, 0.15) is 0 Å². The summed E-state index contributed by atoms with van der Waals surface area (Å²) >= 11 is 0. The molecule has 0 saturated carbocycles. The van der Waals surface area contributed by atoms with Crippen LogP contribution in [0.3, 0.4) is 0 Å². The molecule has 1 aliphatic rings. The second kappa shape index (κ2) is 8.79. The number of likely N-dealkylation sites (tertiary alicyclic amines) is 1. The number of hydrogen-bond donors (Lipinski definition) is 2. The molecule has 1 fully saturated rings. The quantitative estimate of drug-likeness (QED) is 0.744. The summed E-state index contributed by atoms with van der Waals surface area (Å²) in [7, 11) is 0. The summed E-state index contributed by atoms with van der Waals surface area (Å²) in [6, 6.07) is 0.0492. The zero-order valence-corrected chi connectivity index (χ0v) is 12.4. The molecule has 1 aliphatic heterocycles. The average Bonchev–Trinajstić information content (AvgIpc) is 2.36. The van der Waals surface area contributed by atoms with E-state index in [4.69, 9.17) is 9.84 Å². The molecule has 0 radical (unpaired) electrons. The van der Waals surface area contributed by atoms with Gasteiger partial charge in [0.25, 0.3) is 0 Å². The van der Waals surface area contributed by atoms with E-state index in [0.29, 0.717) is 25.6 Å². The van der Waals surface area contributed by atoms with E-state index < -0.39 is 5.97 Å². The van der Waals surface area contributed by atoms with Gasteiger partial charge in [0.05, 0.1) is 13.0 Å². The summed E-state index contributed by atoms with van der Waals surface area (Å²) in [5, 5.41) is 11.7. The fourth-order valence-electron chi connectivity index (χ4n) is 2.80. The second-order valence-electron chi connectivity index (χ2n) is 5.36. The first-order valence-electron chi connectivity index (χ1n) is 7.42. The van der Waals surface area contributed by atoms with Gasteiger partial charge in [0.2, 0.25) is 0 Å². The third kappa shape index (κ3) is 6.23. The highest BCUT2D eigenvalue weighted by atomic mass is 16.5. The van der Waals surface area contributed by atoms with Gasteiger partial charge < -0.3 is 20.1 Å². The summed E-state index contributed by atoms with van der Waals surface area (Å²) in [4.78, 5) is 24.3. The van der Waals surface area contributed by atoms with Gasteiger partial charge in [-0.25, -0.2) is 4.79 Å². The monoisotopic (exact) mass is 286 g/mol. The molecule has 0 aliphatic carbocycles. The zero-order chi connectivity index (χ0) is 15.0. The van der Waals surface area contributed by atoms with Crippen LogP contribution in [0.25, 0.3) is 0 Å². The average molecular weight is 286 g/mol. The minimum Gasteiger partial charge on any atom is -0.481 e. The van der Waals surface area contributed by atoms with Crippen molar-refractivity contribution in [3.63, 3.8) is 0 Å². The van der Waals surface area contributed by atoms with E-state index in [-0.39, 0.29) is 18.6 Å². The number of carbonyl (C=O) groups excluding carboxylic acids is 1. The number of nitrogens with zero attached hydrogens (tertiary/aromatic N) is 1. The number of nitrogens with one attached hydrogen (secondary N) is 1. The van der Waals surface area contributed by atoms with Crippen molar-refractivity contribution in [3.8, 4) is 0 Å². The standard InChI is InChI=1S/C14H26N2O4/c1-3-5-11-8-12(15-14(19)20-4-2)10-16(9-11)7-6-13(17)18/h11-12H,3-10H2,1-2H3,(H,15,19)(H,17,18). The van der Waals surface area contributed by atoms with Crippen LogP contribution in [0.15, 0.2) is 0 Å². The van der Waals surface area contributed by atoms with Crippen molar-refractivity contribution in [2.24, 2.45) is 5.92 Å². The van der Waals surface area contributed by atoms with Crippen molar-refractivity contribution in [3.05, 3.63) is 0 Å². The lowest BCUT2D eigenvalue weighted by atomic mass is 9.90. The molecule has 6 nitrogen and oxygen atoms in total. The van der Waals surface area contributed by atoms with Gasteiger partial charge in [0.15, 0.2) is 0 Å². The summed E-state index contributed by atoms with van der Waals surface area (Å²) in [5.74, 6) is -0.271. The van der Waals surface area contributed by atoms with E-state index in [2.05, 4.69) is 17.1 Å². The number of piperidine rings is 1. The van der Waals surface area contributed by atoms with Gasteiger partial charge in [-0.15, -0.1) is 0 Å². The van der Waals surface area contributed by atoms with Crippen LogP contribution in [0.4, 0.5) is 4.79 Å². The SMILES string of the molecule is CCCC1CC(NC(=O)OCC)CN(CCC(=O)O)C1. The van der Waals surface area contributed by atoms with E-state index in [1.165, 1.54) is 0 Å². The Morgan fingerprint density at radius 1 is 1.35 bits per heavy atom. The highest BCUT2D eigenvalue weighted by Crippen LogP contribution is 2.21. The molecule has 2 atom stereocenters. The molecule has 0 spiro atoms. The molecule has 2 N–H and O–H groups in total. The Kier molecular flexibility index (Phi) is 7.36. The maximum atomic E-state index is 11.5. The Morgan fingerprint density at radius 2 is 2.10 bits per heavy atom. The number of carboxylic acids is 1. The molecule has 2 unspecified atom stereocenters. The largest absolute Gasteiger partial charge is 0.481 e. The maximum absolute atomic E-state index is 11.5. The summed E-state index contributed by atoms with van der Waals surface area (Å²) in [5.41, 5.74) is 0. The lowest BCUT2D eigenvalue weighted by Gasteiger charge is -2.37. The van der Waals surface area contributed by atoms with E-state index in [1.54, 1.807) is 6.92 Å². The maximum Gasteiger partial charge on any atom is 0.407 e. The van der Waals surface area contributed by atoms with Gasteiger partial charge >= 0.3 is 12.1 Å². The van der Waals surface area contributed by atoms with Crippen molar-refractivity contribution < 1.29 is 19.4 Å². The van der Waals surface area contributed by atoms with Crippen LogP contribution in [0, 0.1) is 5.92 Å². The number of hydrogen-bond acceptors (Lipinski definition) is 4. The zero-order valence-electron chi connectivity index (χ0n) is 12.4. The molecule has 1 amide bonds. The first kappa shape index (κ1) is 16.8. The highest BCUT2D eigenvalue weighted by molar-refractivity contribution is 5.67. The van der Waals surface area contributed by atoms with Crippen LogP contribution in [-0.2, 0) is 9.53 Å². The first-order chi connectivity index (χ1) is 9.55. The van der Waals surface area contributed by atoms with Crippen molar-refractivity contribution in [1.29, 1.82) is 0 Å². The molecular weight excluding hydrogens is 260 g/mol. The highest BCUT2D eigenvalue weighted by Gasteiger charge is 2.28. The molecule has 0 aromatic carbocycles. The van der Waals surface area contributed by atoms with Crippen LogP contribution < -0.4 is 5.32 Å². The van der Waals surface area contributed by atoms with Crippen LogP contribution in [0.1, 0.15) is 39.5 Å². The summed E-state index contributed by atoms with van der Waals surface area (Å²) < 4.78 is 4.91. The van der Waals surface area contributed by atoms with Crippen LogP contribution in [0.2, 0.25) is 0 Å². The van der Waals surface area contributed by atoms with Gasteiger partial charge in [-0.3, -0.25) is 4.79 Å². The predicted molar refractivity (Wildman–Crippen MR) is 75.7 cm³/mol. The van der Waals surface area contributed by atoms with Gasteiger partial charge in [-0.1, -0.05) is 13.3 Å². The number of carboxylic acid groups (broad SMARTS) is 1. The molecule has 6 heteroatoms. The second-order valence-corrected chi connectivity index (χ2v) is 5.36. The van der Waals surface area contributed by atoms with Gasteiger partial charge in [0, 0.05) is 25.7 Å². The number of amides is 1. The Balaban J connectivity index is 2.50. The minimum atomic E-state index is -0.780. The Labute approximate surface area is 120 Å². The lowest BCUT2D eigenvalue weighted by molar-refractivity contribution is -0.137. The number of alkyl carbamates (subject to hydrolysis) is 1. The van der Waals surface area contributed by atoms with Crippen molar-refractivity contribution in [2.75, 3.05) is 26.2 Å². The van der Waals surface area contributed by atoms with Crippen molar-refractivity contribution >= 4 is 12.1 Å². The molecular formula is C14H26N2O4. The molecule has 1 saturated heterocycles. The summed E-state index contributed by atoms with van der Waals surface area (Å²) in [6.07, 6.45) is 2.91. The van der Waals surface area contributed by atoms with E-state index >= 15 is 0 Å². The third-order valence-corrected chi connectivity index (χ3v) is 3.55. The van der Waals surface area contributed by atoms with Gasteiger partial charge in [-0.2, -0.15) is 0 Å². The van der Waals surface area contributed by atoms with Crippen molar-refractivity contribution in [1.82, 2.24) is 10.2 Å². The molecule has 20 heavy (non-hydrogen) atoms. The number of ether oxygens (including phenoxy) is 1. The fourth-order valence-corrected chi connectivity index (χ4v) is 2.80. The molecule has 116 valence electrons. The summed E-state index contributed by atoms with van der Waals surface area (Å²) in [6.45, 7) is 6.44. The van der Waals surface area contributed by atoms with Gasteiger partial charge in [-0.05, 0) is 25.7 Å². The molecule has 0 aromatic rings. The molecule has 1 rings (SSSR count). The minimum absolute atomic E-state index is 0.0492. The Hall–Kier alpha value is -1.30. The van der Waals surface area contributed by atoms with Crippen LogP contribution in [-0.4, -0.2) is 54.4 Å². The van der Waals surface area contributed by atoms with E-state index in [1.807, 2.05) is 0 Å². The predicted octanol–water partition coefficient (Wildman–Crippen LogP) is 1.70. The number of carbonyl (C=O) groups is 2. The lowest BCUT2D eigenvalue weighted by Crippen LogP contribution is -2.51. The van der Waals surface area contributed by atoms with Crippen molar-refractivity contribution in [2.45, 2.75) is 45.6 Å². The fraction of sp³-hybridized carbons (Fsp3) is 0.857. The normalized spacial score (nSPS) is 23.3. The molecule has 0 aromatic heterocycles. The Morgan fingerprint density at radius 3 is 2.70 bits per heavy atom. The Bertz CT molecular complexity index is 322. The number of aliphatic carboxylic acids is 1.